The fraction of sp³-hybridized carbons (Fsp3) is 0.500. The first-order chi connectivity index (χ1) is 8.04. The highest BCUT2D eigenvalue weighted by atomic mass is 19.2. The molecule has 1 saturated heterocycles. The van der Waals surface area contributed by atoms with E-state index in [1.54, 1.807) is 0 Å². The quantitative estimate of drug-likeness (QED) is 0.594. The second-order valence-corrected chi connectivity index (χ2v) is 4.29. The van der Waals surface area contributed by atoms with E-state index in [4.69, 9.17) is 0 Å². The Morgan fingerprint density at radius 3 is 2.53 bits per heavy atom. The minimum Gasteiger partial charge on any atom is -0.317 e. The van der Waals surface area contributed by atoms with Crippen molar-refractivity contribution in [3.05, 3.63) is 35.1 Å². The minimum absolute atomic E-state index is 0.0645. The van der Waals surface area contributed by atoms with Crippen LogP contribution in [0.2, 0.25) is 0 Å². The van der Waals surface area contributed by atoms with Crippen molar-refractivity contribution in [3.8, 4) is 0 Å². The molecule has 1 nitrogen and oxygen atoms in total. The third-order valence-corrected chi connectivity index (χ3v) is 3.14. The number of benzene rings is 1. The number of halogens is 4. The third kappa shape index (κ3) is 2.29. The molecule has 1 unspecified atom stereocenters. The average Bonchev–Trinajstić information content (AvgIpc) is 2.52. The van der Waals surface area contributed by atoms with Crippen LogP contribution in [0.25, 0.3) is 0 Å². The van der Waals surface area contributed by atoms with E-state index in [1.807, 2.05) is 0 Å². The van der Waals surface area contributed by atoms with Crippen LogP contribution in [0.3, 0.4) is 0 Å². The van der Waals surface area contributed by atoms with E-state index in [1.165, 1.54) is 0 Å². The van der Waals surface area contributed by atoms with E-state index in [-0.39, 0.29) is 18.4 Å². The van der Waals surface area contributed by atoms with Gasteiger partial charge in [0, 0.05) is 5.56 Å². The van der Waals surface area contributed by atoms with Crippen LogP contribution in [0.1, 0.15) is 24.8 Å². The van der Waals surface area contributed by atoms with Gasteiger partial charge in [-0.1, -0.05) is 0 Å². The molecule has 0 spiro atoms. The predicted molar refractivity (Wildman–Crippen MR) is 55.8 cm³/mol. The second kappa shape index (κ2) is 4.64. The summed E-state index contributed by atoms with van der Waals surface area (Å²) in [6, 6.07) is 1.77. The van der Waals surface area contributed by atoms with Gasteiger partial charge in [0.1, 0.15) is 5.67 Å². The first-order valence-electron chi connectivity index (χ1n) is 5.58. The summed E-state index contributed by atoms with van der Waals surface area (Å²) in [6.07, 6.45) is 0.714. The lowest BCUT2D eigenvalue weighted by molar-refractivity contribution is 0.137. The van der Waals surface area contributed by atoms with Gasteiger partial charge in [-0.05, 0) is 44.5 Å². The molecule has 1 aliphatic heterocycles. The zero-order valence-electron chi connectivity index (χ0n) is 9.20. The Morgan fingerprint density at radius 2 is 1.76 bits per heavy atom. The molecule has 1 N–H and O–H groups in total. The van der Waals surface area contributed by atoms with Crippen LogP contribution in [0, 0.1) is 17.5 Å². The lowest BCUT2D eigenvalue weighted by atomic mass is 9.88. The zero-order chi connectivity index (χ0) is 12.5. The van der Waals surface area contributed by atoms with Gasteiger partial charge in [0.2, 0.25) is 0 Å². The van der Waals surface area contributed by atoms with Crippen LogP contribution in [0.5, 0.6) is 0 Å². The molecule has 17 heavy (non-hydrogen) atoms. The van der Waals surface area contributed by atoms with Crippen molar-refractivity contribution in [2.24, 2.45) is 0 Å². The van der Waals surface area contributed by atoms with E-state index < -0.39 is 23.1 Å². The summed E-state index contributed by atoms with van der Waals surface area (Å²) in [5, 5.41) is 2.99. The van der Waals surface area contributed by atoms with E-state index in [2.05, 4.69) is 5.32 Å². The molecule has 1 atom stereocenters. The Kier molecular flexibility index (Phi) is 3.38. The zero-order valence-corrected chi connectivity index (χ0v) is 9.20. The molecule has 1 aromatic rings. The molecular formula is C12H13F4N. The molecule has 1 heterocycles. The topological polar surface area (TPSA) is 12.0 Å². The van der Waals surface area contributed by atoms with Gasteiger partial charge in [0.05, 0.1) is 0 Å². The standard InChI is InChI=1S/C12H13F4N/c13-9-3-2-8(10(14)11(9)15)12(16)4-1-6-17-7-5-12/h2-3,17H,1,4-7H2. The van der Waals surface area contributed by atoms with E-state index in [0.717, 1.165) is 12.1 Å². The highest BCUT2D eigenvalue weighted by Crippen LogP contribution is 2.37. The molecule has 0 bridgehead atoms. The van der Waals surface area contributed by atoms with Crippen molar-refractivity contribution in [2.45, 2.75) is 24.9 Å². The first kappa shape index (κ1) is 12.4. The van der Waals surface area contributed by atoms with E-state index >= 15 is 0 Å². The van der Waals surface area contributed by atoms with Gasteiger partial charge in [-0.15, -0.1) is 0 Å². The van der Waals surface area contributed by atoms with Crippen molar-refractivity contribution in [1.82, 2.24) is 5.32 Å². The molecule has 0 radical (unpaired) electrons. The summed E-state index contributed by atoms with van der Waals surface area (Å²) in [4.78, 5) is 0. The van der Waals surface area contributed by atoms with Gasteiger partial charge in [-0.2, -0.15) is 0 Å². The Morgan fingerprint density at radius 1 is 1.00 bits per heavy atom. The Hall–Kier alpha value is -1.10. The summed E-state index contributed by atoms with van der Waals surface area (Å²) in [7, 11) is 0. The van der Waals surface area contributed by atoms with Crippen molar-refractivity contribution in [2.75, 3.05) is 13.1 Å². The SMILES string of the molecule is Fc1ccc(C2(F)CCCNCC2)c(F)c1F. The van der Waals surface area contributed by atoms with Gasteiger partial charge in [0.25, 0.3) is 0 Å². The summed E-state index contributed by atoms with van der Waals surface area (Å²) in [5.74, 6) is -4.30. The highest BCUT2D eigenvalue weighted by molar-refractivity contribution is 5.26. The Labute approximate surface area is 96.8 Å². The molecule has 0 aliphatic carbocycles. The van der Waals surface area contributed by atoms with Crippen LogP contribution < -0.4 is 5.32 Å². The largest absolute Gasteiger partial charge is 0.317 e. The molecule has 5 heteroatoms. The van der Waals surface area contributed by atoms with Crippen LogP contribution in [0.15, 0.2) is 12.1 Å². The van der Waals surface area contributed by atoms with Gasteiger partial charge in [-0.3, -0.25) is 0 Å². The monoisotopic (exact) mass is 247 g/mol. The van der Waals surface area contributed by atoms with Crippen LogP contribution in [-0.2, 0) is 5.67 Å². The van der Waals surface area contributed by atoms with Crippen molar-refractivity contribution in [1.29, 1.82) is 0 Å². The third-order valence-electron chi connectivity index (χ3n) is 3.14. The molecule has 0 amide bonds. The predicted octanol–water partition coefficient (Wildman–Crippen LogP) is 3.04. The van der Waals surface area contributed by atoms with Crippen molar-refractivity contribution >= 4 is 0 Å². The molecule has 1 fully saturated rings. The van der Waals surface area contributed by atoms with Gasteiger partial charge in [-0.25, -0.2) is 17.6 Å². The molecule has 1 aliphatic rings. The normalized spacial score (nSPS) is 25.6. The van der Waals surface area contributed by atoms with Gasteiger partial charge >= 0.3 is 0 Å². The molecule has 0 aromatic heterocycles. The maximum atomic E-state index is 14.6. The number of hydrogen-bond acceptors (Lipinski definition) is 1. The Bertz CT molecular complexity index is 411. The van der Waals surface area contributed by atoms with Crippen LogP contribution in [0.4, 0.5) is 17.6 Å². The average molecular weight is 247 g/mol. The minimum atomic E-state index is -1.91. The lowest BCUT2D eigenvalue weighted by Gasteiger charge is -2.24. The number of alkyl halides is 1. The Balaban J connectivity index is 2.41. The fourth-order valence-corrected chi connectivity index (χ4v) is 2.17. The molecule has 94 valence electrons. The molecule has 1 aromatic carbocycles. The molecule has 2 rings (SSSR count). The van der Waals surface area contributed by atoms with Gasteiger partial charge < -0.3 is 5.32 Å². The van der Waals surface area contributed by atoms with Crippen molar-refractivity contribution < 1.29 is 17.6 Å². The van der Waals surface area contributed by atoms with Gasteiger partial charge in [0.15, 0.2) is 17.5 Å². The van der Waals surface area contributed by atoms with Crippen LogP contribution in [-0.4, -0.2) is 13.1 Å². The highest BCUT2D eigenvalue weighted by Gasteiger charge is 2.36. The number of rotatable bonds is 1. The summed E-state index contributed by atoms with van der Waals surface area (Å²) < 4.78 is 54.0. The maximum Gasteiger partial charge on any atom is 0.194 e. The fourth-order valence-electron chi connectivity index (χ4n) is 2.17. The van der Waals surface area contributed by atoms with Crippen molar-refractivity contribution in [3.63, 3.8) is 0 Å². The summed E-state index contributed by atoms with van der Waals surface area (Å²) in [5.41, 5.74) is -2.29. The van der Waals surface area contributed by atoms with E-state index in [0.29, 0.717) is 19.5 Å². The second-order valence-electron chi connectivity index (χ2n) is 4.29. The number of hydrogen-bond donors (Lipinski definition) is 1. The molecular weight excluding hydrogens is 234 g/mol. The molecule has 0 saturated carbocycles. The smallest absolute Gasteiger partial charge is 0.194 e. The first-order valence-corrected chi connectivity index (χ1v) is 5.58. The lowest BCUT2D eigenvalue weighted by Crippen LogP contribution is -2.24. The van der Waals surface area contributed by atoms with Crippen LogP contribution >= 0.6 is 0 Å². The number of nitrogens with one attached hydrogen (secondary N) is 1. The maximum absolute atomic E-state index is 14.6. The summed E-state index contributed by atoms with van der Waals surface area (Å²) in [6.45, 7) is 1.05. The van der Waals surface area contributed by atoms with E-state index in [9.17, 15) is 17.6 Å². The summed E-state index contributed by atoms with van der Waals surface area (Å²) >= 11 is 0.